The maximum atomic E-state index is 12.3. The van der Waals surface area contributed by atoms with Gasteiger partial charge >= 0.3 is 0 Å². The minimum absolute atomic E-state index is 0.241. The van der Waals surface area contributed by atoms with Crippen LogP contribution >= 0.6 is 0 Å². The van der Waals surface area contributed by atoms with Gasteiger partial charge < -0.3 is 5.32 Å². The molecule has 0 aliphatic rings. The topological polar surface area (TPSA) is 112 Å². The zero-order valence-corrected chi connectivity index (χ0v) is 11.5. The van der Waals surface area contributed by atoms with Crippen LogP contribution in [-0.2, 0) is 0 Å². The van der Waals surface area contributed by atoms with Crippen LogP contribution in [0.4, 0.5) is 5.82 Å². The number of hydrogen-bond acceptors (Lipinski definition) is 5. The van der Waals surface area contributed by atoms with Crippen LogP contribution in [0.3, 0.4) is 0 Å². The maximum absolute atomic E-state index is 12.3. The molecule has 8 nitrogen and oxygen atoms in total. The van der Waals surface area contributed by atoms with Crippen molar-refractivity contribution in [2.24, 2.45) is 0 Å². The van der Waals surface area contributed by atoms with Crippen LogP contribution in [-0.4, -0.2) is 36.7 Å². The molecule has 0 fully saturated rings. The number of nitrogens with one attached hydrogen (secondary N) is 3. The number of benzene rings is 1. The van der Waals surface area contributed by atoms with Crippen LogP contribution in [0.1, 0.15) is 21.6 Å². The molecular weight excluding hydrogens is 270 g/mol. The van der Waals surface area contributed by atoms with Gasteiger partial charge in [0.1, 0.15) is 0 Å². The normalized spacial score (nSPS) is 10.6. The number of carbonyl (C=O) groups is 1. The van der Waals surface area contributed by atoms with Crippen molar-refractivity contribution in [3.8, 4) is 11.4 Å². The van der Waals surface area contributed by atoms with Crippen molar-refractivity contribution >= 4 is 11.7 Å². The third kappa shape index (κ3) is 2.50. The fourth-order valence-corrected chi connectivity index (χ4v) is 1.87. The number of rotatable bonds is 3. The molecule has 0 atom stereocenters. The monoisotopic (exact) mass is 283 g/mol. The van der Waals surface area contributed by atoms with E-state index in [0.29, 0.717) is 22.8 Å². The van der Waals surface area contributed by atoms with Crippen LogP contribution < -0.4 is 5.32 Å². The minimum Gasteiger partial charge on any atom is -0.305 e. The van der Waals surface area contributed by atoms with E-state index in [1.54, 1.807) is 18.2 Å². The van der Waals surface area contributed by atoms with Crippen LogP contribution in [0.2, 0.25) is 0 Å². The highest BCUT2D eigenvalue weighted by Gasteiger charge is 2.13. The fourth-order valence-electron chi connectivity index (χ4n) is 1.87. The molecule has 1 amide bonds. The van der Waals surface area contributed by atoms with Gasteiger partial charge in [0.15, 0.2) is 5.82 Å². The van der Waals surface area contributed by atoms with Gasteiger partial charge in [0, 0.05) is 22.4 Å². The molecular formula is C13H13N7O. The Labute approximate surface area is 120 Å². The molecule has 1 aromatic carbocycles. The lowest BCUT2D eigenvalue weighted by atomic mass is 10.1. The minimum atomic E-state index is -0.241. The predicted molar refractivity (Wildman–Crippen MR) is 75.6 cm³/mol. The van der Waals surface area contributed by atoms with E-state index in [0.717, 1.165) is 11.3 Å². The summed E-state index contributed by atoms with van der Waals surface area (Å²) in [5, 5.41) is 23.3. The third-order valence-electron chi connectivity index (χ3n) is 3.21. The average Bonchev–Trinajstić information content (AvgIpc) is 3.13. The van der Waals surface area contributed by atoms with Crippen LogP contribution in [0.5, 0.6) is 0 Å². The van der Waals surface area contributed by atoms with E-state index in [2.05, 4.69) is 36.1 Å². The van der Waals surface area contributed by atoms with E-state index in [4.69, 9.17) is 0 Å². The number of tetrazole rings is 1. The maximum Gasteiger partial charge on any atom is 0.256 e. The molecule has 0 saturated heterocycles. The molecule has 0 spiro atoms. The highest BCUT2D eigenvalue weighted by atomic mass is 16.1. The quantitative estimate of drug-likeness (QED) is 0.673. The summed E-state index contributed by atoms with van der Waals surface area (Å²) >= 11 is 0. The summed E-state index contributed by atoms with van der Waals surface area (Å²) < 4.78 is 0. The van der Waals surface area contributed by atoms with Crippen LogP contribution in [0.25, 0.3) is 11.4 Å². The highest BCUT2D eigenvalue weighted by molar-refractivity contribution is 6.04. The molecule has 106 valence electrons. The molecule has 3 N–H and O–H groups in total. The van der Waals surface area contributed by atoms with E-state index in [9.17, 15) is 4.79 Å². The second-order valence-corrected chi connectivity index (χ2v) is 4.59. The van der Waals surface area contributed by atoms with Crippen LogP contribution in [0.15, 0.2) is 24.3 Å². The molecule has 21 heavy (non-hydrogen) atoms. The van der Waals surface area contributed by atoms with Crippen molar-refractivity contribution in [2.45, 2.75) is 13.8 Å². The van der Waals surface area contributed by atoms with Gasteiger partial charge in [-0.3, -0.25) is 9.89 Å². The molecule has 3 aromatic rings. The Morgan fingerprint density at radius 3 is 2.76 bits per heavy atom. The molecule has 3 rings (SSSR count). The lowest BCUT2D eigenvalue weighted by molar-refractivity contribution is 0.102. The van der Waals surface area contributed by atoms with Crippen molar-refractivity contribution in [2.75, 3.05) is 5.32 Å². The van der Waals surface area contributed by atoms with Crippen molar-refractivity contribution in [3.63, 3.8) is 0 Å². The first-order valence-corrected chi connectivity index (χ1v) is 6.32. The summed E-state index contributed by atoms with van der Waals surface area (Å²) in [6, 6.07) is 7.00. The second-order valence-electron chi connectivity index (χ2n) is 4.59. The second kappa shape index (κ2) is 5.16. The van der Waals surface area contributed by atoms with Crippen molar-refractivity contribution in [3.05, 3.63) is 41.1 Å². The lowest BCUT2D eigenvalue weighted by Gasteiger charge is -2.04. The Morgan fingerprint density at radius 2 is 2.10 bits per heavy atom. The number of aromatic amines is 2. The summed E-state index contributed by atoms with van der Waals surface area (Å²) in [6.45, 7) is 3.79. The molecule has 0 saturated carbocycles. The summed E-state index contributed by atoms with van der Waals surface area (Å²) in [5.41, 5.74) is 3.05. The SMILES string of the molecule is Cc1[nH]nc(NC(=O)c2cccc(-c3nn[nH]n3)c2)c1C. The largest absolute Gasteiger partial charge is 0.305 e. The molecule has 0 unspecified atom stereocenters. The molecule has 0 aliphatic heterocycles. The molecule has 8 heteroatoms. The smallest absolute Gasteiger partial charge is 0.256 e. The van der Waals surface area contributed by atoms with Gasteiger partial charge in [0.05, 0.1) is 0 Å². The third-order valence-corrected chi connectivity index (χ3v) is 3.21. The number of H-pyrrole nitrogens is 2. The van der Waals surface area contributed by atoms with Gasteiger partial charge in [-0.2, -0.15) is 10.3 Å². The number of aromatic nitrogens is 6. The van der Waals surface area contributed by atoms with Gasteiger partial charge in [0.25, 0.3) is 5.91 Å². The number of hydrogen-bond donors (Lipinski definition) is 3. The zero-order chi connectivity index (χ0) is 14.8. The number of carbonyl (C=O) groups excluding carboxylic acids is 1. The van der Waals surface area contributed by atoms with E-state index in [1.807, 2.05) is 19.9 Å². The highest BCUT2D eigenvalue weighted by Crippen LogP contribution is 2.18. The first-order chi connectivity index (χ1) is 10.1. The number of nitrogens with zero attached hydrogens (tertiary/aromatic N) is 4. The Kier molecular flexibility index (Phi) is 3.19. The molecule has 0 bridgehead atoms. The lowest BCUT2D eigenvalue weighted by Crippen LogP contribution is -2.13. The Hall–Kier alpha value is -3.03. The van der Waals surface area contributed by atoms with Gasteiger partial charge in [-0.1, -0.05) is 12.1 Å². The Balaban J connectivity index is 1.85. The van der Waals surface area contributed by atoms with E-state index < -0.39 is 0 Å². The van der Waals surface area contributed by atoms with Gasteiger partial charge in [0.2, 0.25) is 5.82 Å². The summed E-state index contributed by atoms with van der Waals surface area (Å²) in [6.07, 6.45) is 0. The van der Waals surface area contributed by atoms with Crippen molar-refractivity contribution in [1.82, 2.24) is 30.8 Å². The van der Waals surface area contributed by atoms with E-state index >= 15 is 0 Å². The zero-order valence-electron chi connectivity index (χ0n) is 11.5. The van der Waals surface area contributed by atoms with E-state index in [-0.39, 0.29) is 5.91 Å². The van der Waals surface area contributed by atoms with Gasteiger partial charge in [-0.05, 0) is 31.2 Å². The van der Waals surface area contributed by atoms with Crippen LogP contribution in [0, 0.1) is 13.8 Å². The molecule has 2 heterocycles. The van der Waals surface area contributed by atoms with Gasteiger partial charge in [-0.15, -0.1) is 10.2 Å². The number of aryl methyl sites for hydroxylation is 1. The number of anilines is 1. The summed E-state index contributed by atoms with van der Waals surface area (Å²) in [4.78, 5) is 12.3. The predicted octanol–water partition coefficient (Wildman–Crippen LogP) is 1.46. The summed E-state index contributed by atoms with van der Waals surface area (Å²) in [7, 11) is 0. The standard InChI is InChI=1S/C13H13N7O/c1-7-8(2)15-16-11(7)14-13(21)10-5-3-4-9(6-10)12-17-19-20-18-12/h3-6H,1-2H3,(H2,14,15,16,21)(H,17,18,19,20). The average molecular weight is 283 g/mol. The molecule has 0 radical (unpaired) electrons. The summed E-state index contributed by atoms with van der Waals surface area (Å²) in [5.74, 6) is 0.730. The van der Waals surface area contributed by atoms with Gasteiger partial charge in [-0.25, -0.2) is 0 Å². The molecule has 0 aliphatic carbocycles. The van der Waals surface area contributed by atoms with E-state index in [1.165, 1.54) is 0 Å². The first-order valence-electron chi connectivity index (χ1n) is 6.32. The van der Waals surface area contributed by atoms with Crippen molar-refractivity contribution in [1.29, 1.82) is 0 Å². The molecule has 2 aromatic heterocycles. The Bertz CT molecular complexity index is 776. The Morgan fingerprint density at radius 1 is 1.24 bits per heavy atom. The fraction of sp³-hybridized carbons (Fsp3) is 0.154. The first kappa shape index (κ1) is 13.0. The number of amides is 1. The van der Waals surface area contributed by atoms with Crippen molar-refractivity contribution < 1.29 is 4.79 Å².